The predicted molar refractivity (Wildman–Crippen MR) is 51.5 cm³/mol. The number of methoxy groups -OCH3 is 1. The molecule has 0 N–H and O–H groups in total. The fourth-order valence-corrected chi connectivity index (χ4v) is 1.75. The lowest BCUT2D eigenvalue weighted by molar-refractivity contribution is 0.326. The first-order valence-electron chi connectivity index (χ1n) is 4.55. The van der Waals surface area contributed by atoms with E-state index in [-0.39, 0.29) is 0 Å². The summed E-state index contributed by atoms with van der Waals surface area (Å²) in [6.07, 6.45) is 1.32. The lowest BCUT2D eigenvalue weighted by Crippen LogP contribution is -1.92. The van der Waals surface area contributed by atoms with Crippen LogP contribution in [-0.4, -0.2) is 13.7 Å². The second-order valence-electron chi connectivity index (χ2n) is 3.17. The molecule has 14 heavy (non-hydrogen) atoms. The maximum atomic E-state index is 8.66. The number of rotatable bonds is 2. The van der Waals surface area contributed by atoms with E-state index in [0.717, 1.165) is 29.0 Å². The molecular formula is C11H11NO2. The van der Waals surface area contributed by atoms with Gasteiger partial charge in [-0.2, -0.15) is 5.26 Å². The molecule has 0 aliphatic carbocycles. The molecule has 1 aromatic rings. The van der Waals surface area contributed by atoms with Gasteiger partial charge in [-0.05, 0) is 11.6 Å². The second-order valence-corrected chi connectivity index (χ2v) is 3.17. The Balaban J connectivity index is 2.48. The van der Waals surface area contributed by atoms with Crippen molar-refractivity contribution in [1.82, 2.24) is 0 Å². The molecule has 1 aliphatic heterocycles. The molecule has 0 saturated heterocycles. The van der Waals surface area contributed by atoms with E-state index in [1.165, 1.54) is 0 Å². The lowest BCUT2D eigenvalue weighted by Gasteiger charge is -2.08. The van der Waals surface area contributed by atoms with E-state index < -0.39 is 0 Å². The Hall–Kier alpha value is -1.69. The summed E-state index contributed by atoms with van der Waals surface area (Å²) in [5.41, 5.74) is 2.19. The normalized spacial score (nSPS) is 12.9. The quantitative estimate of drug-likeness (QED) is 0.711. The molecule has 0 amide bonds. The molecule has 0 aromatic heterocycles. The van der Waals surface area contributed by atoms with Crippen LogP contribution in [0.5, 0.6) is 11.5 Å². The predicted octanol–water partition coefficient (Wildman–Crippen LogP) is 1.70. The molecular weight excluding hydrogens is 178 g/mol. The molecule has 72 valence electrons. The largest absolute Gasteiger partial charge is 0.493 e. The zero-order chi connectivity index (χ0) is 9.97. The van der Waals surface area contributed by atoms with Crippen molar-refractivity contribution in [3.05, 3.63) is 23.3 Å². The monoisotopic (exact) mass is 189 g/mol. The molecule has 0 saturated carbocycles. The van der Waals surface area contributed by atoms with Gasteiger partial charge in [0.2, 0.25) is 0 Å². The lowest BCUT2D eigenvalue weighted by atomic mass is 10.0. The Morgan fingerprint density at radius 2 is 2.43 bits per heavy atom. The SMILES string of the molecule is COc1ccc(CC#N)c2c1OCC2. The maximum absolute atomic E-state index is 8.66. The first-order chi connectivity index (χ1) is 6.86. The molecule has 0 bridgehead atoms. The number of fused-ring (bicyclic) bond motifs is 1. The summed E-state index contributed by atoms with van der Waals surface area (Å²) in [5, 5.41) is 8.66. The van der Waals surface area contributed by atoms with E-state index in [2.05, 4.69) is 6.07 Å². The standard InChI is InChI=1S/C11H11NO2/c1-13-10-3-2-8(4-6-12)9-5-7-14-11(9)10/h2-3H,4-5,7H2,1H3. The van der Waals surface area contributed by atoms with Crippen LogP contribution in [0.25, 0.3) is 0 Å². The fourth-order valence-electron chi connectivity index (χ4n) is 1.75. The summed E-state index contributed by atoms with van der Waals surface area (Å²) < 4.78 is 10.7. The molecule has 0 fully saturated rings. The van der Waals surface area contributed by atoms with Gasteiger partial charge in [0, 0.05) is 12.0 Å². The van der Waals surface area contributed by atoms with Crippen molar-refractivity contribution in [3.63, 3.8) is 0 Å². The minimum atomic E-state index is 0.440. The molecule has 0 unspecified atom stereocenters. The van der Waals surface area contributed by atoms with Crippen LogP contribution < -0.4 is 9.47 Å². The van der Waals surface area contributed by atoms with Crippen molar-refractivity contribution in [2.24, 2.45) is 0 Å². The summed E-state index contributed by atoms with van der Waals surface area (Å²) in [7, 11) is 1.63. The zero-order valence-corrected chi connectivity index (χ0v) is 8.04. The highest BCUT2D eigenvalue weighted by molar-refractivity contribution is 5.53. The van der Waals surface area contributed by atoms with E-state index in [4.69, 9.17) is 14.7 Å². The smallest absolute Gasteiger partial charge is 0.164 e. The molecule has 1 aliphatic rings. The van der Waals surface area contributed by atoms with Crippen molar-refractivity contribution in [3.8, 4) is 17.6 Å². The Labute approximate surface area is 82.9 Å². The molecule has 0 radical (unpaired) electrons. The van der Waals surface area contributed by atoms with Crippen LogP contribution in [0, 0.1) is 11.3 Å². The van der Waals surface area contributed by atoms with Gasteiger partial charge >= 0.3 is 0 Å². The number of ether oxygens (including phenoxy) is 2. The summed E-state index contributed by atoms with van der Waals surface area (Å²) >= 11 is 0. The maximum Gasteiger partial charge on any atom is 0.164 e. The Morgan fingerprint density at radius 1 is 1.57 bits per heavy atom. The van der Waals surface area contributed by atoms with Gasteiger partial charge in [-0.1, -0.05) is 6.07 Å². The first-order valence-corrected chi connectivity index (χ1v) is 4.55. The van der Waals surface area contributed by atoms with Crippen LogP contribution in [0.4, 0.5) is 0 Å². The summed E-state index contributed by atoms with van der Waals surface area (Å²) in [6, 6.07) is 5.95. The summed E-state index contributed by atoms with van der Waals surface area (Å²) in [6.45, 7) is 0.689. The van der Waals surface area contributed by atoms with Crippen molar-refractivity contribution in [1.29, 1.82) is 5.26 Å². The van der Waals surface area contributed by atoms with Crippen LogP contribution in [0.3, 0.4) is 0 Å². The minimum absolute atomic E-state index is 0.440. The van der Waals surface area contributed by atoms with E-state index in [1.807, 2.05) is 12.1 Å². The molecule has 1 aromatic carbocycles. The van der Waals surface area contributed by atoms with Crippen LogP contribution in [0.2, 0.25) is 0 Å². The van der Waals surface area contributed by atoms with Gasteiger partial charge in [0.15, 0.2) is 11.5 Å². The highest BCUT2D eigenvalue weighted by Crippen LogP contribution is 2.37. The molecule has 0 spiro atoms. The fraction of sp³-hybridized carbons (Fsp3) is 0.364. The number of hydrogen-bond donors (Lipinski definition) is 0. The minimum Gasteiger partial charge on any atom is -0.493 e. The zero-order valence-electron chi connectivity index (χ0n) is 8.04. The summed E-state index contributed by atoms with van der Waals surface area (Å²) in [4.78, 5) is 0. The number of benzene rings is 1. The number of nitrogens with zero attached hydrogens (tertiary/aromatic N) is 1. The van der Waals surface area contributed by atoms with E-state index in [9.17, 15) is 0 Å². The van der Waals surface area contributed by atoms with Gasteiger partial charge in [-0.3, -0.25) is 0 Å². The number of hydrogen-bond acceptors (Lipinski definition) is 3. The van der Waals surface area contributed by atoms with Crippen molar-refractivity contribution < 1.29 is 9.47 Å². The van der Waals surface area contributed by atoms with Crippen molar-refractivity contribution in [2.45, 2.75) is 12.8 Å². The van der Waals surface area contributed by atoms with Gasteiger partial charge in [0.25, 0.3) is 0 Å². The Bertz CT molecular complexity index is 393. The Kier molecular flexibility index (Phi) is 2.28. The molecule has 3 heteroatoms. The van der Waals surface area contributed by atoms with Gasteiger partial charge in [-0.25, -0.2) is 0 Å². The molecule has 3 nitrogen and oxygen atoms in total. The highest BCUT2D eigenvalue weighted by atomic mass is 16.5. The molecule has 2 rings (SSSR count). The van der Waals surface area contributed by atoms with Crippen LogP contribution in [0.1, 0.15) is 11.1 Å². The highest BCUT2D eigenvalue weighted by Gasteiger charge is 2.20. The van der Waals surface area contributed by atoms with Gasteiger partial charge in [0.1, 0.15) is 0 Å². The van der Waals surface area contributed by atoms with Crippen LogP contribution in [-0.2, 0) is 12.8 Å². The van der Waals surface area contributed by atoms with Gasteiger partial charge < -0.3 is 9.47 Å². The third-order valence-electron chi connectivity index (χ3n) is 2.41. The number of nitriles is 1. The van der Waals surface area contributed by atoms with E-state index in [1.54, 1.807) is 7.11 Å². The van der Waals surface area contributed by atoms with Crippen molar-refractivity contribution >= 4 is 0 Å². The summed E-state index contributed by atoms with van der Waals surface area (Å²) in [5.74, 6) is 1.58. The molecule has 0 atom stereocenters. The molecule has 1 heterocycles. The average molecular weight is 189 g/mol. The van der Waals surface area contributed by atoms with E-state index in [0.29, 0.717) is 13.0 Å². The van der Waals surface area contributed by atoms with Gasteiger partial charge in [0.05, 0.1) is 26.2 Å². The van der Waals surface area contributed by atoms with Crippen molar-refractivity contribution in [2.75, 3.05) is 13.7 Å². The average Bonchev–Trinajstić information content (AvgIpc) is 2.67. The van der Waals surface area contributed by atoms with Crippen LogP contribution in [0.15, 0.2) is 12.1 Å². The first kappa shape index (κ1) is 8.89. The van der Waals surface area contributed by atoms with E-state index >= 15 is 0 Å². The third kappa shape index (κ3) is 1.29. The van der Waals surface area contributed by atoms with Gasteiger partial charge in [-0.15, -0.1) is 0 Å². The third-order valence-corrected chi connectivity index (χ3v) is 2.41. The topological polar surface area (TPSA) is 42.2 Å². The second kappa shape index (κ2) is 3.59. The van der Waals surface area contributed by atoms with Crippen LogP contribution >= 0.6 is 0 Å². The Morgan fingerprint density at radius 3 is 3.14 bits per heavy atom.